The lowest BCUT2D eigenvalue weighted by Crippen LogP contribution is -2.24. The highest BCUT2D eigenvalue weighted by Gasteiger charge is 2.20. The Morgan fingerprint density at radius 2 is 2.11 bits per heavy atom. The van der Waals surface area contributed by atoms with Crippen LogP contribution in [0.1, 0.15) is 17.0 Å². The van der Waals surface area contributed by atoms with Crippen molar-refractivity contribution in [3.63, 3.8) is 0 Å². The van der Waals surface area contributed by atoms with Gasteiger partial charge >= 0.3 is 0 Å². The zero-order valence-electron chi connectivity index (χ0n) is 11.1. The average molecular weight is 270 g/mol. The van der Waals surface area contributed by atoms with Crippen LogP contribution in [-0.2, 0) is 13.0 Å². The summed E-state index contributed by atoms with van der Waals surface area (Å²) in [5.41, 5.74) is 3.70. The summed E-state index contributed by atoms with van der Waals surface area (Å²) in [6.45, 7) is 3.93. The van der Waals surface area contributed by atoms with E-state index in [1.807, 2.05) is 24.8 Å². The van der Waals surface area contributed by atoms with Crippen molar-refractivity contribution < 1.29 is 0 Å². The van der Waals surface area contributed by atoms with E-state index in [0.717, 1.165) is 24.5 Å². The molecule has 2 aromatic rings. The highest BCUT2D eigenvalue weighted by molar-refractivity contribution is 8.00. The number of fused-ring (bicyclic) bond motifs is 1. The Morgan fingerprint density at radius 1 is 1.21 bits per heavy atom. The molecule has 2 heterocycles. The molecular weight excluding hydrogens is 252 g/mol. The Hall–Kier alpha value is -1.32. The average Bonchev–Trinajstić information content (AvgIpc) is 2.81. The van der Waals surface area contributed by atoms with Crippen LogP contribution in [0, 0.1) is 6.92 Å². The molecule has 1 atom stereocenters. The fourth-order valence-corrected chi connectivity index (χ4v) is 3.71. The second-order valence-corrected chi connectivity index (χ2v) is 6.30. The molecule has 98 valence electrons. The third kappa shape index (κ3) is 3.17. The quantitative estimate of drug-likeness (QED) is 0.923. The molecule has 0 radical (unpaired) electrons. The highest BCUT2D eigenvalue weighted by atomic mass is 32.2. The van der Waals surface area contributed by atoms with Crippen molar-refractivity contribution in [2.75, 3.05) is 6.54 Å². The summed E-state index contributed by atoms with van der Waals surface area (Å²) in [5.74, 6) is 0. The summed E-state index contributed by atoms with van der Waals surface area (Å²) in [6.07, 6.45) is 1.18. The van der Waals surface area contributed by atoms with Gasteiger partial charge in [0.05, 0.1) is 5.69 Å². The summed E-state index contributed by atoms with van der Waals surface area (Å²) in [7, 11) is 0. The van der Waals surface area contributed by atoms with Gasteiger partial charge in [0.25, 0.3) is 0 Å². The molecule has 1 aliphatic rings. The highest BCUT2D eigenvalue weighted by Crippen LogP contribution is 2.36. The van der Waals surface area contributed by atoms with E-state index in [9.17, 15) is 0 Å². The first kappa shape index (κ1) is 12.7. The second-order valence-electron chi connectivity index (χ2n) is 4.95. The Labute approximate surface area is 118 Å². The first-order chi connectivity index (χ1) is 9.31. The molecule has 0 fully saturated rings. The van der Waals surface area contributed by atoms with Gasteiger partial charge < -0.3 is 5.32 Å². The van der Waals surface area contributed by atoms with Crippen LogP contribution in [0.25, 0.3) is 0 Å². The van der Waals surface area contributed by atoms with E-state index in [4.69, 9.17) is 0 Å². The van der Waals surface area contributed by atoms with Crippen LogP contribution in [0.15, 0.2) is 47.4 Å². The molecule has 1 unspecified atom stereocenters. The lowest BCUT2D eigenvalue weighted by molar-refractivity contribution is 0.654. The molecule has 0 saturated heterocycles. The maximum Gasteiger partial charge on any atom is 0.0544 e. The summed E-state index contributed by atoms with van der Waals surface area (Å²) in [4.78, 5) is 5.95. The van der Waals surface area contributed by atoms with Crippen molar-refractivity contribution in [2.24, 2.45) is 0 Å². The van der Waals surface area contributed by atoms with Crippen molar-refractivity contribution >= 4 is 11.8 Å². The topological polar surface area (TPSA) is 24.9 Å². The number of aryl methyl sites for hydroxylation is 1. The standard InChI is InChI=1S/C16H18N2S/c1-12-5-4-7-14(18-12)10-17-11-15-9-13-6-2-3-8-16(13)19-15/h2-8,15,17H,9-11H2,1H3. The van der Waals surface area contributed by atoms with Crippen LogP contribution in [0.5, 0.6) is 0 Å². The molecule has 0 aliphatic carbocycles. The van der Waals surface area contributed by atoms with E-state index in [2.05, 4.69) is 46.7 Å². The number of nitrogens with zero attached hydrogens (tertiary/aromatic N) is 1. The monoisotopic (exact) mass is 270 g/mol. The Balaban J connectivity index is 1.50. The molecule has 3 rings (SSSR count). The normalized spacial score (nSPS) is 17.4. The van der Waals surface area contributed by atoms with Crippen LogP contribution in [0.2, 0.25) is 0 Å². The minimum Gasteiger partial charge on any atom is -0.310 e. The first-order valence-corrected chi connectivity index (χ1v) is 7.57. The zero-order chi connectivity index (χ0) is 13.1. The van der Waals surface area contributed by atoms with Gasteiger partial charge in [-0.2, -0.15) is 0 Å². The van der Waals surface area contributed by atoms with Gasteiger partial charge in [0.2, 0.25) is 0 Å². The molecule has 3 heteroatoms. The molecule has 1 aromatic heterocycles. The number of pyridine rings is 1. The van der Waals surface area contributed by atoms with Gasteiger partial charge in [-0.05, 0) is 37.1 Å². The minimum absolute atomic E-state index is 0.655. The zero-order valence-corrected chi connectivity index (χ0v) is 11.9. The second kappa shape index (κ2) is 5.76. The van der Waals surface area contributed by atoms with E-state index in [1.54, 1.807) is 0 Å². The largest absolute Gasteiger partial charge is 0.310 e. The lowest BCUT2D eigenvalue weighted by Gasteiger charge is -2.10. The van der Waals surface area contributed by atoms with Crippen LogP contribution < -0.4 is 5.32 Å². The molecule has 19 heavy (non-hydrogen) atoms. The van der Waals surface area contributed by atoms with Gasteiger partial charge in [-0.25, -0.2) is 0 Å². The van der Waals surface area contributed by atoms with Crippen LogP contribution in [-0.4, -0.2) is 16.8 Å². The summed E-state index contributed by atoms with van der Waals surface area (Å²) in [6, 6.07) is 14.9. The van der Waals surface area contributed by atoms with Gasteiger partial charge in [-0.1, -0.05) is 24.3 Å². The number of hydrogen-bond donors (Lipinski definition) is 1. The van der Waals surface area contributed by atoms with E-state index >= 15 is 0 Å². The molecule has 1 aromatic carbocycles. The van der Waals surface area contributed by atoms with Crippen molar-refractivity contribution in [1.82, 2.24) is 10.3 Å². The van der Waals surface area contributed by atoms with E-state index < -0.39 is 0 Å². The predicted molar refractivity (Wildman–Crippen MR) is 80.5 cm³/mol. The fraction of sp³-hybridized carbons (Fsp3) is 0.312. The lowest BCUT2D eigenvalue weighted by atomic mass is 10.1. The van der Waals surface area contributed by atoms with Crippen molar-refractivity contribution in [3.8, 4) is 0 Å². The van der Waals surface area contributed by atoms with Gasteiger partial charge in [0, 0.05) is 28.9 Å². The van der Waals surface area contributed by atoms with Gasteiger partial charge in [0.1, 0.15) is 0 Å². The minimum atomic E-state index is 0.655. The molecule has 0 bridgehead atoms. The fourth-order valence-electron chi connectivity index (χ4n) is 2.43. The molecule has 2 nitrogen and oxygen atoms in total. The van der Waals surface area contributed by atoms with Crippen LogP contribution >= 0.6 is 11.8 Å². The van der Waals surface area contributed by atoms with Crippen LogP contribution in [0.4, 0.5) is 0 Å². The summed E-state index contributed by atoms with van der Waals surface area (Å²) < 4.78 is 0. The Kier molecular flexibility index (Phi) is 3.85. The van der Waals surface area contributed by atoms with Gasteiger partial charge in [-0.15, -0.1) is 11.8 Å². The molecule has 0 saturated carbocycles. The van der Waals surface area contributed by atoms with E-state index in [-0.39, 0.29) is 0 Å². The van der Waals surface area contributed by atoms with Gasteiger partial charge in [-0.3, -0.25) is 4.98 Å². The molecule has 1 N–H and O–H groups in total. The molecule has 0 spiro atoms. The SMILES string of the molecule is Cc1cccc(CNCC2Cc3ccccc3S2)n1. The van der Waals surface area contributed by atoms with Crippen molar-refractivity contribution in [3.05, 3.63) is 59.4 Å². The third-order valence-electron chi connectivity index (χ3n) is 3.34. The summed E-state index contributed by atoms with van der Waals surface area (Å²) in [5, 5.41) is 4.18. The number of benzene rings is 1. The number of nitrogens with one attached hydrogen (secondary N) is 1. The number of aromatic nitrogens is 1. The van der Waals surface area contributed by atoms with Crippen molar-refractivity contribution in [1.29, 1.82) is 0 Å². The van der Waals surface area contributed by atoms with E-state index in [0.29, 0.717) is 5.25 Å². The van der Waals surface area contributed by atoms with E-state index in [1.165, 1.54) is 16.9 Å². The first-order valence-electron chi connectivity index (χ1n) is 6.69. The summed E-state index contributed by atoms with van der Waals surface area (Å²) >= 11 is 1.99. The number of rotatable bonds is 4. The maximum atomic E-state index is 4.51. The Morgan fingerprint density at radius 3 is 2.95 bits per heavy atom. The molecular formula is C16H18N2S. The number of hydrogen-bond acceptors (Lipinski definition) is 3. The predicted octanol–water partition coefficient (Wildman–Crippen LogP) is 3.20. The number of thioether (sulfide) groups is 1. The van der Waals surface area contributed by atoms with Gasteiger partial charge in [0.15, 0.2) is 0 Å². The maximum absolute atomic E-state index is 4.51. The molecule has 0 amide bonds. The molecule has 1 aliphatic heterocycles. The van der Waals surface area contributed by atoms with Crippen LogP contribution in [0.3, 0.4) is 0 Å². The third-order valence-corrected chi connectivity index (χ3v) is 4.66. The van der Waals surface area contributed by atoms with Crippen molar-refractivity contribution in [2.45, 2.75) is 30.0 Å². The Bertz CT molecular complexity index is 543. The smallest absolute Gasteiger partial charge is 0.0544 e.